The Kier molecular flexibility index (Phi) is 3.15. The van der Waals surface area contributed by atoms with E-state index in [1.165, 1.54) is 0 Å². The lowest BCUT2D eigenvalue weighted by Crippen LogP contribution is -2.35. The second-order valence-electron chi connectivity index (χ2n) is 4.81. The number of carbonyl (C=O) groups excluding carboxylic acids is 1. The topological polar surface area (TPSA) is 56.0 Å². The van der Waals surface area contributed by atoms with Crippen LogP contribution in [0.1, 0.15) is 19.4 Å². The van der Waals surface area contributed by atoms with Crippen LogP contribution in [0.2, 0.25) is 0 Å². The highest BCUT2D eigenvalue weighted by Crippen LogP contribution is 2.26. The summed E-state index contributed by atoms with van der Waals surface area (Å²) >= 11 is 0. The predicted octanol–water partition coefficient (Wildman–Crippen LogP) is 2.51. The van der Waals surface area contributed by atoms with Gasteiger partial charge in [-0.2, -0.15) is 0 Å². The number of hydrogen-bond acceptors (Lipinski definition) is 2. The fraction of sp³-hybridized carbons (Fsp3) is 0.200. The van der Waals surface area contributed by atoms with Crippen LogP contribution in [0.15, 0.2) is 48.8 Å². The van der Waals surface area contributed by atoms with E-state index in [2.05, 4.69) is 4.98 Å². The molecule has 0 unspecified atom stereocenters. The SMILES string of the molecule is CC(C)(C(N)=O)c1ccc(-c2cccnc2)cc1. The van der Waals surface area contributed by atoms with Gasteiger partial charge in [-0.3, -0.25) is 9.78 Å². The first kappa shape index (κ1) is 12.3. The van der Waals surface area contributed by atoms with Gasteiger partial charge in [0, 0.05) is 12.4 Å². The molecule has 3 heteroatoms. The monoisotopic (exact) mass is 240 g/mol. The van der Waals surface area contributed by atoms with E-state index in [4.69, 9.17) is 5.73 Å². The molecule has 2 rings (SSSR count). The molecule has 0 aliphatic rings. The van der Waals surface area contributed by atoms with Gasteiger partial charge >= 0.3 is 0 Å². The largest absolute Gasteiger partial charge is 0.369 e. The lowest BCUT2D eigenvalue weighted by molar-refractivity contribution is -0.122. The van der Waals surface area contributed by atoms with Crippen LogP contribution in [0.5, 0.6) is 0 Å². The highest BCUT2D eigenvalue weighted by atomic mass is 16.1. The second-order valence-corrected chi connectivity index (χ2v) is 4.81. The number of aromatic nitrogens is 1. The van der Waals surface area contributed by atoms with Gasteiger partial charge in [0.2, 0.25) is 5.91 Å². The molecule has 92 valence electrons. The number of amides is 1. The Morgan fingerprint density at radius 3 is 2.28 bits per heavy atom. The molecule has 1 heterocycles. The Bertz CT molecular complexity index is 544. The Labute approximate surface area is 107 Å². The second kappa shape index (κ2) is 4.61. The van der Waals surface area contributed by atoms with E-state index in [1.807, 2.05) is 56.4 Å². The maximum atomic E-state index is 11.4. The molecule has 0 saturated carbocycles. The first-order valence-electron chi connectivity index (χ1n) is 5.82. The molecule has 1 amide bonds. The average molecular weight is 240 g/mol. The molecule has 0 spiro atoms. The van der Waals surface area contributed by atoms with Crippen LogP contribution < -0.4 is 5.73 Å². The summed E-state index contributed by atoms with van der Waals surface area (Å²) in [5.41, 5.74) is 7.81. The van der Waals surface area contributed by atoms with E-state index >= 15 is 0 Å². The normalized spacial score (nSPS) is 11.2. The lowest BCUT2D eigenvalue weighted by Gasteiger charge is -2.21. The van der Waals surface area contributed by atoms with Gasteiger partial charge in [0.25, 0.3) is 0 Å². The minimum atomic E-state index is -0.645. The van der Waals surface area contributed by atoms with E-state index < -0.39 is 5.41 Å². The van der Waals surface area contributed by atoms with Gasteiger partial charge in [-0.1, -0.05) is 30.3 Å². The smallest absolute Gasteiger partial charge is 0.227 e. The van der Waals surface area contributed by atoms with Crippen molar-refractivity contribution in [1.82, 2.24) is 4.98 Å². The van der Waals surface area contributed by atoms with Crippen molar-refractivity contribution >= 4 is 5.91 Å². The van der Waals surface area contributed by atoms with E-state index in [0.717, 1.165) is 16.7 Å². The molecule has 0 atom stereocenters. The third-order valence-corrected chi connectivity index (χ3v) is 3.22. The molecule has 2 aromatic rings. The van der Waals surface area contributed by atoms with E-state index in [0.29, 0.717) is 0 Å². The van der Waals surface area contributed by atoms with Crippen molar-refractivity contribution in [1.29, 1.82) is 0 Å². The zero-order chi connectivity index (χ0) is 13.2. The number of hydrogen-bond donors (Lipinski definition) is 1. The minimum absolute atomic E-state index is 0.323. The first-order valence-corrected chi connectivity index (χ1v) is 5.82. The number of nitrogens with two attached hydrogens (primary N) is 1. The van der Waals surface area contributed by atoms with E-state index in [9.17, 15) is 4.79 Å². The first-order chi connectivity index (χ1) is 8.51. The summed E-state index contributed by atoms with van der Waals surface area (Å²) in [6.07, 6.45) is 3.56. The highest BCUT2D eigenvalue weighted by molar-refractivity contribution is 5.85. The molecule has 0 radical (unpaired) electrons. The average Bonchev–Trinajstić information content (AvgIpc) is 2.40. The Balaban J connectivity index is 2.35. The molecule has 18 heavy (non-hydrogen) atoms. The van der Waals surface area contributed by atoms with Gasteiger partial charge in [0.05, 0.1) is 5.41 Å². The predicted molar refractivity (Wildman–Crippen MR) is 71.9 cm³/mol. The Morgan fingerprint density at radius 2 is 1.78 bits per heavy atom. The third-order valence-electron chi connectivity index (χ3n) is 3.22. The van der Waals surface area contributed by atoms with Crippen LogP contribution >= 0.6 is 0 Å². The standard InChI is InChI=1S/C15H16N2O/c1-15(2,14(16)18)13-7-5-11(6-8-13)12-4-3-9-17-10-12/h3-10H,1-2H3,(H2,16,18). The molecular weight excluding hydrogens is 224 g/mol. The number of benzene rings is 1. The summed E-state index contributed by atoms with van der Waals surface area (Å²) in [7, 11) is 0. The molecular formula is C15H16N2O. The van der Waals surface area contributed by atoms with Gasteiger partial charge in [-0.25, -0.2) is 0 Å². The van der Waals surface area contributed by atoms with Crippen molar-refractivity contribution in [2.45, 2.75) is 19.3 Å². The Hall–Kier alpha value is -2.16. The summed E-state index contributed by atoms with van der Waals surface area (Å²) in [4.78, 5) is 15.5. The summed E-state index contributed by atoms with van der Waals surface area (Å²) in [6.45, 7) is 3.66. The third kappa shape index (κ3) is 2.25. The van der Waals surface area contributed by atoms with Crippen molar-refractivity contribution in [2.24, 2.45) is 5.73 Å². The maximum absolute atomic E-state index is 11.4. The Morgan fingerprint density at radius 1 is 1.11 bits per heavy atom. The molecule has 0 saturated heterocycles. The molecule has 0 bridgehead atoms. The number of primary amides is 1. The van der Waals surface area contributed by atoms with Gasteiger partial charge < -0.3 is 5.73 Å². The maximum Gasteiger partial charge on any atom is 0.227 e. The molecule has 2 N–H and O–H groups in total. The fourth-order valence-electron chi connectivity index (χ4n) is 1.76. The summed E-state index contributed by atoms with van der Waals surface area (Å²) in [6, 6.07) is 11.7. The van der Waals surface area contributed by atoms with E-state index in [1.54, 1.807) is 6.20 Å². The zero-order valence-corrected chi connectivity index (χ0v) is 10.6. The fourth-order valence-corrected chi connectivity index (χ4v) is 1.76. The van der Waals surface area contributed by atoms with Crippen molar-refractivity contribution in [3.05, 3.63) is 54.4 Å². The van der Waals surface area contributed by atoms with Crippen LogP contribution in [0.3, 0.4) is 0 Å². The van der Waals surface area contributed by atoms with Crippen molar-refractivity contribution in [3.8, 4) is 11.1 Å². The van der Waals surface area contributed by atoms with Gasteiger partial charge in [0.15, 0.2) is 0 Å². The van der Waals surface area contributed by atoms with Crippen molar-refractivity contribution in [3.63, 3.8) is 0 Å². The van der Waals surface area contributed by atoms with Gasteiger partial charge in [-0.05, 0) is 36.6 Å². The number of rotatable bonds is 3. The molecule has 0 fully saturated rings. The van der Waals surface area contributed by atoms with Crippen molar-refractivity contribution < 1.29 is 4.79 Å². The summed E-state index contributed by atoms with van der Waals surface area (Å²) in [5, 5.41) is 0. The lowest BCUT2D eigenvalue weighted by atomic mass is 9.83. The van der Waals surface area contributed by atoms with Crippen LogP contribution in [-0.4, -0.2) is 10.9 Å². The quantitative estimate of drug-likeness (QED) is 0.896. The van der Waals surface area contributed by atoms with Gasteiger partial charge in [-0.15, -0.1) is 0 Å². The highest BCUT2D eigenvalue weighted by Gasteiger charge is 2.26. The van der Waals surface area contributed by atoms with Crippen LogP contribution in [0.25, 0.3) is 11.1 Å². The van der Waals surface area contributed by atoms with Crippen LogP contribution in [0, 0.1) is 0 Å². The van der Waals surface area contributed by atoms with Crippen LogP contribution in [0.4, 0.5) is 0 Å². The van der Waals surface area contributed by atoms with Crippen LogP contribution in [-0.2, 0) is 10.2 Å². The molecule has 1 aromatic carbocycles. The summed E-state index contributed by atoms with van der Waals surface area (Å²) < 4.78 is 0. The zero-order valence-electron chi connectivity index (χ0n) is 10.6. The number of carbonyl (C=O) groups is 1. The molecule has 1 aromatic heterocycles. The van der Waals surface area contributed by atoms with Crippen molar-refractivity contribution in [2.75, 3.05) is 0 Å². The number of nitrogens with zero attached hydrogens (tertiary/aromatic N) is 1. The number of pyridine rings is 1. The van der Waals surface area contributed by atoms with E-state index in [-0.39, 0.29) is 5.91 Å². The minimum Gasteiger partial charge on any atom is -0.369 e. The molecule has 3 nitrogen and oxygen atoms in total. The van der Waals surface area contributed by atoms with Gasteiger partial charge in [0.1, 0.15) is 0 Å². The molecule has 0 aliphatic carbocycles. The molecule has 0 aliphatic heterocycles. The summed E-state index contributed by atoms with van der Waals surface area (Å²) in [5.74, 6) is -0.323.